The Labute approximate surface area is 166 Å². The van der Waals surface area contributed by atoms with E-state index in [1.165, 1.54) is 13.2 Å². The molecule has 6 nitrogen and oxygen atoms in total. The molecule has 1 aromatic heterocycles. The number of alkyl halides is 3. The van der Waals surface area contributed by atoms with Crippen molar-refractivity contribution in [3.63, 3.8) is 0 Å². The van der Waals surface area contributed by atoms with E-state index in [0.717, 1.165) is 19.4 Å². The van der Waals surface area contributed by atoms with Crippen molar-refractivity contribution in [1.82, 2.24) is 15.6 Å². The van der Waals surface area contributed by atoms with Gasteiger partial charge in [-0.15, -0.1) is 0 Å². The van der Waals surface area contributed by atoms with Crippen molar-refractivity contribution in [2.24, 2.45) is 5.92 Å². The number of halogens is 4. The SMILES string of the molecule is COc1nc(NC2CCC(C(F)(F)F)CC2)c(F)cc1CNC(=O)C1CCCN1. The minimum absolute atomic E-state index is 0.0131. The van der Waals surface area contributed by atoms with Gasteiger partial charge >= 0.3 is 6.18 Å². The van der Waals surface area contributed by atoms with E-state index in [1.54, 1.807) is 0 Å². The summed E-state index contributed by atoms with van der Waals surface area (Å²) in [6, 6.07) is 0.712. The number of rotatable bonds is 6. The Bertz CT molecular complexity index is 715. The van der Waals surface area contributed by atoms with Crippen LogP contribution in [0.3, 0.4) is 0 Å². The van der Waals surface area contributed by atoms with E-state index in [-0.39, 0.29) is 49.1 Å². The molecule has 1 atom stereocenters. The number of anilines is 1. The number of carbonyl (C=O) groups excluding carboxylic acids is 1. The molecule has 1 aliphatic heterocycles. The maximum Gasteiger partial charge on any atom is 0.391 e. The normalized spacial score (nSPS) is 24.9. The summed E-state index contributed by atoms with van der Waals surface area (Å²) in [5.41, 5.74) is 0.391. The van der Waals surface area contributed by atoms with Crippen LogP contribution in [0.2, 0.25) is 0 Å². The van der Waals surface area contributed by atoms with E-state index in [0.29, 0.717) is 18.4 Å². The molecule has 1 aromatic rings. The molecule has 10 heteroatoms. The van der Waals surface area contributed by atoms with Gasteiger partial charge in [-0.2, -0.15) is 18.2 Å². The van der Waals surface area contributed by atoms with Crippen LogP contribution in [-0.4, -0.2) is 42.8 Å². The second-order valence-electron chi connectivity index (χ2n) is 7.59. The van der Waals surface area contributed by atoms with Crippen LogP contribution >= 0.6 is 0 Å². The largest absolute Gasteiger partial charge is 0.481 e. The molecule has 0 aromatic carbocycles. The van der Waals surface area contributed by atoms with E-state index in [4.69, 9.17) is 4.74 Å². The van der Waals surface area contributed by atoms with Crippen molar-refractivity contribution in [2.75, 3.05) is 19.0 Å². The van der Waals surface area contributed by atoms with Crippen molar-refractivity contribution < 1.29 is 27.1 Å². The van der Waals surface area contributed by atoms with Gasteiger partial charge in [-0.1, -0.05) is 0 Å². The second kappa shape index (κ2) is 9.15. The number of pyridine rings is 1. The molecule has 2 heterocycles. The number of methoxy groups -OCH3 is 1. The summed E-state index contributed by atoms with van der Waals surface area (Å²) in [4.78, 5) is 16.2. The van der Waals surface area contributed by atoms with Gasteiger partial charge in [0.1, 0.15) is 0 Å². The van der Waals surface area contributed by atoms with Gasteiger partial charge in [-0.25, -0.2) is 4.39 Å². The summed E-state index contributed by atoms with van der Waals surface area (Å²) in [5.74, 6) is -1.98. The molecule has 1 amide bonds. The quantitative estimate of drug-likeness (QED) is 0.619. The molecule has 162 valence electrons. The minimum atomic E-state index is -4.18. The Hall–Kier alpha value is -2.10. The Kier molecular flexibility index (Phi) is 6.81. The van der Waals surface area contributed by atoms with Crippen LogP contribution in [0.5, 0.6) is 5.88 Å². The zero-order chi connectivity index (χ0) is 21.0. The number of nitrogens with one attached hydrogen (secondary N) is 3. The number of amides is 1. The molecule has 1 unspecified atom stereocenters. The Balaban J connectivity index is 1.60. The highest BCUT2D eigenvalue weighted by Crippen LogP contribution is 2.38. The fourth-order valence-electron chi connectivity index (χ4n) is 3.89. The smallest absolute Gasteiger partial charge is 0.391 e. The van der Waals surface area contributed by atoms with Crippen LogP contribution in [0.15, 0.2) is 6.07 Å². The summed E-state index contributed by atoms with van der Waals surface area (Å²) in [6.07, 6.45) is -1.88. The molecular weight excluding hydrogens is 392 g/mol. The molecule has 2 fully saturated rings. The second-order valence-corrected chi connectivity index (χ2v) is 7.59. The summed E-state index contributed by atoms with van der Waals surface area (Å²) < 4.78 is 58.1. The molecule has 1 saturated heterocycles. The fourth-order valence-corrected chi connectivity index (χ4v) is 3.89. The first-order valence-corrected chi connectivity index (χ1v) is 9.85. The third kappa shape index (κ3) is 5.49. The summed E-state index contributed by atoms with van der Waals surface area (Å²) in [7, 11) is 1.39. The molecule has 0 radical (unpaired) electrons. The predicted octanol–water partition coefficient (Wildman–Crippen LogP) is 3.13. The number of aromatic nitrogens is 1. The van der Waals surface area contributed by atoms with Crippen molar-refractivity contribution in [3.8, 4) is 5.88 Å². The summed E-state index contributed by atoms with van der Waals surface area (Å²) in [6.45, 7) is 0.865. The third-order valence-electron chi connectivity index (χ3n) is 5.57. The summed E-state index contributed by atoms with van der Waals surface area (Å²) in [5, 5.41) is 8.74. The van der Waals surface area contributed by atoms with Gasteiger partial charge in [0.2, 0.25) is 11.8 Å². The van der Waals surface area contributed by atoms with E-state index >= 15 is 0 Å². The fraction of sp³-hybridized carbons (Fsp3) is 0.684. The minimum Gasteiger partial charge on any atom is -0.481 e. The highest BCUT2D eigenvalue weighted by atomic mass is 19.4. The van der Waals surface area contributed by atoms with Crippen molar-refractivity contribution >= 4 is 11.7 Å². The van der Waals surface area contributed by atoms with Crippen LogP contribution in [-0.2, 0) is 11.3 Å². The Morgan fingerprint density at radius 1 is 1.28 bits per heavy atom. The van der Waals surface area contributed by atoms with Gasteiger partial charge < -0.3 is 20.7 Å². The van der Waals surface area contributed by atoms with Gasteiger partial charge in [0.15, 0.2) is 11.6 Å². The lowest BCUT2D eigenvalue weighted by atomic mass is 9.85. The highest BCUT2D eigenvalue weighted by molar-refractivity contribution is 5.82. The predicted molar refractivity (Wildman–Crippen MR) is 99.0 cm³/mol. The van der Waals surface area contributed by atoms with Crippen LogP contribution in [0.1, 0.15) is 44.1 Å². The zero-order valence-corrected chi connectivity index (χ0v) is 16.2. The third-order valence-corrected chi connectivity index (χ3v) is 5.57. The number of ether oxygens (including phenoxy) is 1. The van der Waals surface area contributed by atoms with Crippen molar-refractivity contribution in [2.45, 2.75) is 63.3 Å². The maximum absolute atomic E-state index is 14.5. The van der Waals surface area contributed by atoms with Crippen LogP contribution in [0.25, 0.3) is 0 Å². The highest BCUT2D eigenvalue weighted by Gasteiger charge is 2.41. The lowest BCUT2D eigenvalue weighted by Gasteiger charge is -2.30. The Morgan fingerprint density at radius 3 is 2.59 bits per heavy atom. The van der Waals surface area contributed by atoms with E-state index < -0.39 is 17.9 Å². The molecule has 1 aliphatic carbocycles. The Morgan fingerprint density at radius 2 is 2.00 bits per heavy atom. The van der Waals surface area contributed by atoms with Gasteiger partial charge in [0.05, 0.1) is 19.1 Å². The first-order chi connectivity index (χ1) is 13.8. The van der Waals surface area contributed by atoms with Crippen LogP contribution < -0.4 is 20.7 Å². The number of hydrogen-bond donors (Lipinski definition) is 3. The van der Waals surface area contributed by atoms with Gasteiger partial charge in [-0.3, -0.25) is 4.79 Å². The molecule has 0 spiro atoms. The standard InChI is InChI=1S/C19H26F4N4O2/c1-29-18-11(10-25-17(28)15-3-2-8-24-15)9-14(20)16(27-18)26-13-6-4-12(5-7-13)19(21,22)23/h9,12-13,15,24H,2-8,10H2,1H3,(H,25,28)(H,26,27). The molecule has 29 heavy (non-hydrogen) atoms. The number of carbonyl (C=O) groups is 1. The zero-order valence-electron chi connectivity index (χ0n) is 16.2. The van der Waals surface area contributed by atoms with Crippen LogP contribution in [0, 0.1) is 11.7 Å². The topological polar surface area (TPSA) is 75.3 Å². The average Bonchev–Trinajstić information content (AvgIpc) is 3.22. The molecule has 2 aliphatic rings. The number of nitrogens with zero attached hydrogens (tertiary/aromatic N) is 1. The average molecular weight is 418 g/mol. The van der Waals surface area contributed by atoms with Crippen LogP contribution in [0.4, 0.5) is 23.4 Å². The van der Waals surface area contributed by atoms with Gasteiger partial charge in [-0.05, 0) is 51.1 Å². The van der Waals surface area contributed by atoms with E-state index in [9.17, 15) is 22.4 Å². The lowest BCUT2D eigenvalue weighted by molar-refractivity contribution is -0.182. The molecule has 0 bridgehead atoms. The van der Waals surface area contributed by atoms with E-state index in [1.807, 2.05) is 0 Å². The van der Waals surface area contributed by atoms with E-state index in [2.05, 4.69) is 20.9 Å². The monoisotopic (exact) mass is 418 g/mol. The maximum atomic E-state index is 14.5. The molecule has 3 rings (SSSR count). The summed E-state index contributed by atoms with van der Waals surface area (Å²) >= 11 is 0. The van der Waals surface area contributed by atoms with Crippen molar-refractivity contribution in [1.29, 1.82) is 0 Å². The lowest BCUT2D eigenvalue weighted by Crippen LogP contribution is -2.40. The molecule has 3 N–H and O–H groups in total. The molecule has 1 saturated carbocycles. The number of hydrogen-bond acceptors (Lipinski definition) is 5. The first-order valence-electron chi connectivity index (χ1n) is 9.85. The first kappa shape index (κ1) is 21.6. The van der Waals surface area contributed by atoms with Gasteiger partial charge in [0.25, 0.3) is 0 Å². The van der Waals surface area contributed by atoms with Gasteiger partial charge in [0, 0.05) is 18.2 Å². The van der Waals surface area contributed by atoms with Crippen molar-refractivity contribution in [3.05, 3.63) is 17.4 Å². The molecular formula is C19H26F4N4O2.